The molecule has 0 fully saturated rings. The maximum Gasteiger partial charge on any atom is 0.174 e. The molecule has 5 heteroatoms. The molecule has 0 unspecified atom stereocenters. The molecule has 1 heterocycles. The lowest BCUT2D eigenvalue weighted by Gasteiger charge is -2.07. The Kier molecular flexibility index (Phi) is 4.13. The second kappa shape index (κ2) is 6.20. The van der Waals surface area contributed by atoms with E-state index in [2.05, 4.69) is 4.98 Å². The number of fused-ring (bicyclic) bond motifs is 1. The first-order valence-corrected chi connectivity index (χ1v) is 7.51. The minimum Gasteiger partial charge on any atom is -0.497 e. The third kappa shape index (κ3) is 2.89. The molecule has 0 saturated carbocycles. The van der Waals surface area contributed by atoms with Gasteiger partial charge in [-0.2, -0.15) is 0 Å². The zero-order valence-corrected chi connectivity index (χ0v) is 12.5. The van der Waals surface area contributed by atoms with E-state index in [9.17, 15) is 5.11 Å². The summed E-state index contributed by atoms with van der Waals surface area (Å²) in [6, 6.07) is 15.8. The fraction of sp³-hybridized carbons (Fsp3) is 0.188. The standard InChI is InChI=1S/C16H16N2O2S/c1-20-12-6-8-13(9-7-12)21-16-17-14-4-2-3-5-15(14)18(16)10-11-19/h2-9,19H,10-11H2,1H3. The molecule has 4 nitrogen and oxygen atoms in total. The highest BCUT2D eigenvalue weighted by Gasteiger charge is 2.11. The molecule has 108 valence electrons. The average Bonchev–Trinajstić information content (AvgIpc) is 2.86. The van der Waals surface area contributed by atoms with E-state index in [0.717, 1.165) is 26.8 Å². The summed E-state index contributed by atoms with van der Waals surface area (Å²) >= 11 is 1.58. The van der Waals surface area contributed by atoms with Gasteiger partial charge in [-0.15, -0.1) is 0 Å². The number of benzene rings is 2. The van der Waals surface area contributed by atoms with Crippen LogP contribution in [0.4, 0.5) is 0 Å². The largest absolute Gasteiger partial charge is 0.497 e. The molecular formula is C16H16N2O2S. The van der Waals surface area contributed by atoms with Crippen LogP contribution >= 0.6 is 11.8 Å². The summed E-state index contributed by atoms with van der Waals surface area (Å²) in [5.41, 5.74) is 1.99. The predicted octanol–water partition coefficient (Wildman–Crippen LogP) is 3.19. The Morgan fingerprint density at radius 1 is 1.14 bits per heavy atom. The molecule has 0 amide bonds. The van der Waals surface area contributed by atoms with Gasteiger partial charge in [-0.05, 0) is 36.4 Å². The van der Waals surface area contributed by atoms with E-state index in [1.165, 1.54) is 0 Å². The quantitative estimate of drug-likeness (QED) is 0.786. The maximum atomic E-state index is 9.28. The fourth-order valence-electron chi connectivity index (χ4n) is 2.20. The molecule has 1 aromatic heterocycles. The zero-order valence-electron chi connectivity index (χ0n) is 11.7. The van der Waals surface area contributed by atoms with Gasteiger partial charge in [-0.3, -0.25) is 0 Å². The van der Waals surface area contributed by atoms with Crippen molar-refractivity contribution in [3.05, 3.63) is 48.5 Å². The lowest BCUT2D eigenvalue weighted by molar-refractivity contribution is 0.273. The van der Waals surface area contributed by atoms with Crippen LogP contribution in [0.15, 0.2) is 58.6 Å². The van der Waals surface area contributed by atoms with Crippen LogP contribution in [0, 0.1) is 0 Å². The van der Waals surface area contributed by atoms with Gasteiger partial charge in [0.1, 0.15) is 5.75 Å². The number of nitrogens with zero attached hydrogens (tertiary/aromatic N) is 2. The van der Waals surface area contributed by atoms with E-state index >= 15 is 0 Å². The Bertz CT molecular complexity index is 738. The first kappa shape index (κ1) is 14.0. The number of methoxy groups -OCH3 is 1. The first-order chi connectivity index (χ1) is 10.3. The maximum absolute atomic E-state index is 9.28. The summed E-state index contributed by atoms with van der Waals surface area (Å²) in [6.45, 7) is 0.634. The molecule has 0 spiro atoms. The van der Waals surface area contributed by atoms with Crippen LogP contribution in [-0.4, -0.2) is 28.4 Å². The van der Waals surface area contributed by atoms with Gasteiger partial charge >= 0.3 is 0 Å². The van der Waals surface area contributed by atoms with E-state index < -0.39 is 0 Å². The van der Waals surface area contributed by atoms with Crippen molar-refractivity contribution in [1.82, 2.24) is 9.55 Å². The lowest BCUT2D eigenvalue weighted by Crippen LogP contribution is -2.03. The van der Waals surface area contributed by atoms with Gasteiger partial charge < -0.3 is 14.4 Å². The van der Waals surface area contributed by atoms with E-state index in [-0.39, 0.29) is 6.61 Å². The topological polar surface area (TPSA) is 47.3 Å². The number of imidazole rings is 1. The SMILES string of the molecule is COc1ccc(Sc2nc3ccccc3n2CCO)cc1. The summed E-state index contributed by atoms with van der Waals surface area (Å²) < 4.78 is 7.21. The Balaban J connectivity index is 1.96. The summed E-state index contributed by atoms with van der Waals surface area (Å²) in [5.74, 6) is 0.836. The van der Waals surface area contributed by atoms with Crippen molar-refractivity contribution in [2.75, 3.05) is 13.7 Å². The van der Waals surface area contributed by atoms with Gasteiger partial charge in [-0.1, -0.05) is 23.9 Å². The van der Waals surface area contributed by atoms with Crippen LogP contribution in [0.2, 0.25) is 0 Å². The van der Waals surface area contributed by atoms with Crippen molar-refractivity contribution in [2.24, 2.45) is 0 Å². The van der Waals surface area contributed by atoms with E-state index in [1.54, 1.807) is 18.9 Å². The van der Waals surface area contributed by atoms with Crippen molar-refractivity contribution in [3.63, 3.8) is 0 Å². The second-order valence-corrected chi connectivity index (χ2v) is 5.58. The molecule has 0 radical (unpaired) electrons. The predicted molar refractivity (Wildman–Crippen MR) is 83.9 cm³/mol. The monoisotopic (exact) mass is 300 g/mol. The summed E-state index contributed by atoms with van der Waals surface area (Å²) in [5, 5.41) is 10.2. The van der Waals surface area contributed by atoms with Crippen molar-refractivity contribution in [3.8, 4) is 5.75 Å². The highest BCUT2D eigenvalue weighted by atomic mass is 32.2. The van der Waals surface area contributed by atoms with Crippen molar-refractivity contribution >= 4 is 22.8 Å². The smallest absolute Gasteiger partial charge is 0.174 e. The van der Waals surface area contributed by atoms with E-state index in [4.69, 9.17) is 4.74 Å². The third-order valence-corrected chi connectivity index (χ3v) is 4.21. The third-order valence-electron chi connectivity index (χ3n) is 3.21. The summed E-state index contributed by atoms with van der Waals surface area (Å²) in [6.07, 6.45) is 0. The molecule has 21 heavy (non-hydrogen) atoms. The highest BCUT2D eigenvalue weighted by Crippen LogP contribution is 2.31. The molecule has 3 rings (SSSR count). The van der Waals surface area contributed by atoms with Gasteiger partial charge in [0, 0.05) is 11.4 Å². The van der Waals surface area contributed by atoms with Crippen LogP contribution in [-0.2, 0) is 6.54 Å². The second-order valence-electron chi connectivity index (χ2n) is 4.54. The fourth-order valence-corrected chi connectivity index (χ4v) is 3.12. The number of ether oxygens (including phenoxy) is 1. The Labute approximate surface area is 127 Å². The normalized spacial score (nSPS) is 11.0. The van der Waals surface area contributed by atoms with E-state index in [1.807, 2.05) is 53.1 Å². The van der Waals surface area contributed by atoms with Crippen molar-refractivity contribution in [1.29, 1.82) is 0 Å². The minimum absolute atomic E-state index is 0.0938. The molecule has 0 bridgehead atoms. The van der Waals surface area contributed by atoms with Crippen LogP contribution in [0.1, 0.15) is 0 Å². The van der Waals surface area contributed by atoms with E-state index in [0.29, 0.717) is 6.54 Å². The summed E-state index contributed by atoms with van der Waals surface area (Å²) in [4.78, 5) is 5.74. The van der Waals surface area contributed by atoms with Crippen molar-refractivity contribution < 1.29 is 9.84 Å². The lowest BCUT2D eigenvalue weighted by atomic mass is 10.3. The number of aliphatic hydroxyl groups excluding tert-OH is 1. The molecule has 0 atom stereocenters. The number of rotatable bonds is 5. The van der Waals surface area contributed by atoms with Gasteiger partial charge in [0.25, 0.3) is 0 Å². The van der Waals surface area contributed by atoms with Gasteiger partial charge in [-0.25, -0.2) is 4.98 Å². The minimum atomic E-state index is 0.0938. The molecule has 2 aromatic carbocycles. The summed E-state index contributed by atoms with van der Waals surface area (Å²) in [7, 11) is 1.66. The molecular weight excluding hydrogens is 284 g/mol. The Morgan fingerprint density at radius 2 is 1.90 bits per heavy atom. The van der Waals surface area contributed by atoms with Gasteiger partial charge in [0.2, 0.25) is 0 Å². The van der Waals surface area contributed by atoms with Gasteiger partial charge in [0.15, 0.2) is 5.16 Å². The van der Waals surface area contributed by atoms with Crippen LogP contribution in [0.25, 0.3) is 11.0 Å². The number of para-hydroxylation sites is 2. The van der Waals surface area contributed by atoms with Crippen molar-refractivity contribution in [2.45, 2.75) is 16.6 Å². The molecule has 0 saturated heterocycles. The molecule has 0 aliphatic heterocycles. The number of hydrogen-bond donors (Lipinski definition) is 1. The number of hydrogen-bond acceptors (Lipinski definition) is 4. The zero-order chi connectivity index (χ0) is 14.7. The van der Waals surface area contributed by atoms with Crippen LogP contribution < -0.4 is 4.74 Å². The van der Waals surface area contributed by atoms with Crippen LogP contribution in [0.5, 0.6) is 5.75 Å². The first-order valence-electron chi connectivity index (χ1n) is 6.70. The molecule has 0 aliphatic carbocycles. The van der Waals surface area contributed by atoms with Gasteiger partial charge in [0.05, 0.1) is 24.8 Å². The molecule has 3 aromatic rings. The molecule has 0 aliphatic rings. The Morgan fingerprint density at radius 3 is 2.62 bits per heavy atom. The average molecular weight is 300 g/mol. The Hall–Kier alpha value is -1.98. The number of aliphatic hydroxyl groups is 1. The highest BCUT2D eigenvalue weighted by molar-refractivity contribution is 7.99. The number of aromatic nitrogens is 2. The molecule has 1 N–H and O–H groups in total. The van der Waals surface area contributed by atoms with Crippen LogP contribution in [0.3, 0.4) is 0 Å².